The smallest absolute Gasteiger partial charge is 0.138 e. The number of hydrogen-bond acceptors (Lipinski definition) is 3. The van der Waals surface area contributed by atoms with Crippen LogP contribution in [-0.4, -0.2) is 16.2 Å². The van der Waals surface area contributed by atoms with Crippen LogP contribution in [0.15, 0.2) is 18.2 Å². The van der Waals surface area contributed by atoms with Gasteiger partial charge < -0.3 is 15.0 Å². The first-order valence-electron chi connectivity index (χ1n) is 6.56. The Balaban J connectivity index is 2.04. The molecule has 1 atom stereocenters. The van der Waals surface area contributed by atoms with Gasteiger partial charge in [-0.1, -0.05) is 6.07 Å². The molecule has 0 bridgehead atoms. The summed E-state index contributed by atoms with van der Waals surface area (Å²) in [6.45, 7) is 1.41. The molecule has 4 nitrogen and oxygen atoms in total. The van der Waals surface area contributed by atoms with E-state index in [-0.39, 0.29) is 6.10 Å². The third-order valence-electron chi connectivity index (χ3n) is 3.68. The molecule has 0 radical (unpaired) electrons. The van der Waals surface area contributed by atoms with Gasteiger partial charge in [-0.3, -0.25) is 0 Å². The molecule has 1 aromatic heterocycles. The standard InChI is InChI=1S/C14H19N3O/c1-17-12-6-5-10(9-15)8-11(12)16-14(17)13-4-2-3-7-18-13/h5-6,8,13H,2-4,7,9,15H2,1H3. The van der Waals surface area contributed by atoms with Gasteiger partial charge in [-0.2, -0.15) is 0 Å². The first-order valence-corrected chi connectivity index (χ1v) is 6.56. The number of nitrogens with zero attached hydrogens (tertiary/aromatic N) is 2. The highest BCUT2D eigenvalue weighted by atomic mass is 16.5. The zero-order chi connectivity index (χ0) is 12.5. The Bertz CT molecular complexity index is 555. The van der Waals surface area contributed by atoms with Crippen LogP contribution in [0.25, 0.3) is 11.0 Å². The largest absolute Gasteiger partial charge is 0.370 e. The molecule has 1 aliphatic heterocycles. The first kappa shape index (κ1) is 11.7. The summed E-state index contributed by atoms with van der Waals surface area (Å²) in [5.74, 6) is 1.04. The highest BCUT2D eigenvalue weighted by Crippen LogP contribution is 2.29. The van der Waals surface area contributed by atoms with E-state index in [1.807, 2.05) is 0 Å². The molecule has 1 unspecified atom stereocenters. The Hall–Kier alpha value is -1.39. The molecule has 0 saturated carbocycles. The van der Waals surface area contributed by atoms with Crippen LogP contribution in [0.5, 0.6) is 0 Å². The number of benzene rings is 1. The fourth-order valence-electron chi connectivity index (χ4n) is 2.62. The molecule has 2 N–H and O–H groups in total. The van der Waals surface area contributed by atoms with Crippen LogP contribution in [0.2, 0.25) is 0 Å². The summed E-state index contributed by atoms with van der Waals surface area (Å²) in [5, 5.41) is 0. The summed E-state index contributed by atoms with van der Waals surface area (Å²) < 4.78 is 7.97. The molecule has 1 aromatic carbocycles. The van der Waals surface area contributed by atoms with E-state index in [4.69, 9.17) is 15.5 Å². The van der Waals surface area contributed by atoms with Crippen LogP contribution >= 0.6 is 0 Å². The Morgan fingerprint density at radius 1 is 1.44 bits per heavy atom. The van der Waals surface area contributed by atoms with E-state index in [2.05, 4.69) is 29.8 Å². The summed E-state index contributed by atoms with van der Waals surface area (Å²) in [4.78, 5) is 4.73. The molecule has 2 heterocycles. The summed E-state index contributed by atoms with van der Waals surface area (Å²) in [7, 11) is 2.06. The van der Waals surface area contributed by atoms with Gasteiger partial charge in [-0.05, 0) is 37.0 Å². The second-order valence-electron chi connectivity index (χ2n) is 4.91. The van der Waals surface area contributed by atoms with E-state index in [1.165, 1.54) is 6.42 Å². The van der Waals surface area contributed by atoms with Crippen LogP contribution in [-0.2, 0) is 18.3 Å². The van der Waals surface area contributed by atoms with Crippen LogP contribution in [0.1, 0.15) is 36.8 Å². The number of aromatic nitrogens is 2. The number of aryl methyl sites for hydroxylation is 1. The molecule has 3 rings (SSSR count). The summed E-state index contributed by atoms with van der Waals surface area (Å²) in [5.41, 5.74) is 8.96. The minimum atomic E-state index is 0.150. The van der Waals surface area contributed by atoms with Crippen LogP contribution in [0, 0.1) is 0 Å². The number of hydrogen-bond donors (Lipinski definition) is 1. The van der Waals surface area contributed by atoms with Crippen LogP contribution in [0.3, 0.4) is 0 Å². The molecule has 1 aliphatic rings. The Morgan fingerprint density at radius 3 is 3.06 bits per heavy atom. The SMILES string of the molecule is Cn1c(C2CCCCO2)nc2cc(CN)ccc21. The van der Waals surface area contributed by atoms with E-state index >= 15 is 0 Å². The van der Waals surface area contributed by atoms with Crippen molar-refractivity contribution in [2.24, 2.45) is 12.8 Å². The quantitative estimate of drug-likeness (QED) is 0.883. The molecule has 2 aromatic rings. The monoisotopic (exact) mass is 245 g/mol. The zero-order valence-electron chi connectivity index (χ0n) is 10.7. The summed E-state index contributed by atoms with van der Waals surface area (Å²) in [6.07, 6.45) is 3.61. The zero-order valence-corrected chi connectivity index (χ0v) is 10.7. The number of nitrogens with two attached hydrogens (primary N) is 1. The van der Waals surface area contributed by atoms with Gasteiger partial charge in [0.15, 0.2) is 0 Å². The van der Waals surface area contributed by atoms with Gasteiger partial charge in [0.25, 0.3) is 0 Å². The molecule has 0 aliphatic carbocycles. The minimum Gasteiger partial charge on any atom is -0.370 e. The number of rotatable bonds is 2. The van der Waals surface area contributed by atoms with E-state index in [9.17, 15) is 0 Å². The van der Waals surface area contributed by atoms with Gasteiger partial charge in [0.05, 0.1) is 11.0 Å². The maximum absolute atomic E-state index is 5.82. The topological polar surface area (TPSA) is 53.1 Å². The van der Waals surface area contributed by atoms with Crippen LogP contribution in [0.4, 0.5) is 0 Å². The van der Waals surface area contributed by atoms with Crippen molar-refractivity contribution in [1.82, 2.24) is 9.55 Å². The Morgan fingerprint density at radius 2 is 2.33 bits per heavy atom. The summed E-state index contributed by atoms with van der Waals surface area (Å²) in [6, 6.07) is 6.23. The Kier molecular flexibility index (Phi) is 3.06. The lowest BCUT2D eigenvalue weighted by Gasteiger charge is -2.21. The predicted octanol–water partition coefficient (Wildman–Crippen LogP) is 2.27. The second-order valence-corrected chi connectivity index (χ2v) is 4.91. The third kappa shape index (κ3) is 1.91. The Labute approximate surface area is 107 Å². The van der Waals surface area contributed by atoms with Gasteiger partial charge in [-0.15, -0.1) is 0 Å². The molecule has 0 spiro atoms. The molecule has 1 saturated heterocycles. The summed E-state index contributed by atoms with van der Waals surface area (Å²) >= 11 is 0. The molecule has 4 heteroatoms. The lowest BCUT2D eigenvalue weighted by Crippen LogP contribution is -2.15. The number of imidazole rings is 1. The number of ether oxygens (including phenoxy) is 1. The van der Waals surface area contributed by atoms with Crippen LogP contribution < -0.4 is 5.73 Å². The molecule has 0 amide bonds. The predicted molar refractivity (Wildman–Crippen MR) is 71.1 cm³/mol. The maximum Gasteiger partial charge on any atom is 0.138 e. The van der Waals surface area contributed by atoms with Gasteiger partial charge in [-0.25, -0.2) is 4.98 Å². The lowest BCUT2D eigenvalue weighted by atomic mass is 10.1. The van der Waals surface area contributed by atoms with Crippen molar-refractivity contribution < 1.29 is 4.74 Å². The van der Waals surface area contributed by atoms with Gasteiger partial charge in [0.2, 0.25) is 0 Å². The van der Waals surface area contributed by atoms with Crippen molar-refractivity contribution in [3.63, 3.8) is 0 Å². The van der Waals surface area contributed by atoms with E-state index in [0.717, 1.165) is 41.9 Å². The molecule has 18 heavy (non-hydrogen) atoms. The fourth-order valence-corrected chi connectivity index (χ4v) is 2.62. The van der Waals surface area contributed by atoms with E-state index in [0.29, 0.717) is 6.54 Å². The third-order valence-corrected chi connectivity index (χ3v) is 3.68. The molecular weight excluding hydrogens is 226 g/mol. The minimum absolute atomic E-state index is 0.150. The van der Waals surface area contributed by atoms with Gasteiger partial charge in [0.1, 0.15) is 11.9 Å². The average molecular weight is 245 g/mol. The van der Waals surface area contributed by atoms with Crippen molar-refractivity contribution >= 4 is 11.0 Å². The van der Waals surface area contributed by atoms with Crippen molar-refractivity contribution in [2.75, 3.05) is 6.61 Å². The molecular formula is C14H19N3O. The molecule has 1 fully saturated rings. The maximum atomic E-state index is 5.82. The highest BCUT2D eigenvalue weighted by molar-refractivity contribution is 5.76. The van der Waals surface area contributed by atoms with Gasteiger partial charge in [0, 0.05) is 20.2 Å². The van der Waals surface area contributed by atoms with Gasteiger partial charge >= 0.3 is 0 Å². The molecule has 96 valence electrons. The van der Waals surface area contributed by atoms with E-state index in [1.54, 1.807) is 0 Å². The normalized spacial score (nSPS) is 20.4. The first-order chi connectivity index (χ1) is 8.79. The highest BCUT2D eigenvalue weighted by Gasteiger charge is 2.21. The van der Waals surface area contributed by atoms with Crippen molar-refractivity contribution in [1.29, 1.82) is 0 Å². The van der Waals surface area contributed by atoms with Crippen molar-refractivity contribution in [3.05, 3.63) is 29.6 Å². The second kappa shape index (κ2) is 4.71. The van der Waals surface area contributed by atoms with Crippen molar-refractivity contribution in [2.45, 2.75) is 31.9 Å². The van der Waals surface area contributed by atoms with Crippen molar-refractivity contribution in [3.8, 4) is 0 Å². The average Bonchev–Trinajstić information content (AvgIpc) is 2.76. The lowest BCUT2D eigenvalue weighted by molar-refractivity contribution is 0.00817. The van der Waals surface area contributed by atoms with E-state index < -0.39 is 0 Å². The number of fused-ring (bicyclic) bond motifs is 1. The fraction of sp³-hybridized carbons (Fsp3) is 0.500.